The van der Waals surface area contributed by atoms with Crippen LogP contribution in [0.2, 0.25) is 0 Å². The van der Waals surface area contributed by atoms with Crippen LogP contribution < -0.4 is 0 Å². The van der Waals surface area contributed by atoms with Crippen molar-refractivity contribution in [2.24, 2.45) is 0 Å². The van der Waals surface area contributed by atoms with Gasteiger partial charge >= 0.3 is 0 Å². The fourth-order valence-electron chi connectivity index (χ4n) is 1.57. The molecular weight excluding hydrogens is 194 g/mol. The third kappa shape index (κ3) is 1.24. The molecule has 0 saturated carbocycles. The summed E-state index contributed by atoms with van der Waals surface area (Å²) in [6.07, 6.45) is 0.268. The maximum atomic E-state index is 9.80. The number of nitrogens with zero attached hydrogens (tertiary/aromatic N) is 1. The average molecular weight is 203 g/mol. The summed E-state index contributed by atoms with van der Waals surface area (Å²) < 4.78 is 1.02. The van der Waals surface area contributed by atoms with Crippen LogP contribution in [-0.4, -0.2) is 5.11 Å². The van der Waals surface area contributed by atoms with Gasteiger partial charge in [-0.1, -0.05) is 0 Å². The minimum Gasteiger partial charge on any atom is -0.507 e. The smallest absolute Gasteiger partial charge is 0.124 e. The van der Waals surface area contributed by atoms with Crippen LogP contribution in [0.25, 0.3) is 10.1 Å². The zero-order valence-corrected chi connectivity index (χ0v) is 8.56. The molecular formula is C11H9NOS. The molecule has 0 aliphatic heterocycles. The number of hydrogen-bond donors (Lipinski definition) is 1. The zero-order valence-electron chi connectivity index (χ0n) is 7.74. The van der Waals surface area contributed by atoms with E-state index in [4.69, 9.17) is 5.26 Å². The minimum absolute atomic E-state index is 0.265. The number of hydrogen-bond acceptors (Lipinski definition) is 3. The van der Waals surface area contributed by atoms with E-state index in [1.807, 2.05) is 24.4 Å². The van der Waals surface area contributed by atoms with Gasteiger partial charge in [0, 0.05) is 10.3 Å². The fraction of sp³-hybridized carbons (Fsp3) is 0.182. The number of aryl methyl sites for hydroxylation is 1. The summed E-state index contributed by atoms with van der Waals surface area (Å²) >= 11 is 1.57. The summed E-state index contributed by atoms with van der Waals surface area (Å²) in [5.74, 6) is 0.265. The van der Waals surface area contributed by atoms with Crippen LogP contribution in [0.3, 0.4) is 0 Å². The van der Waals surface area contributed by atoms with E-state index in [0.717, 1.165) is 21.2 Å². The largest absolute Gasteiger partial charge is 0.507 e. The molecule has 1 aromatic carbocycles. The van der Waals surface area contributed by atoms with Gasteiger partial charge in [0.25, 0.3) is 0 Å². The molecule has 0 radical (unpaired) electrons. The molecule has 2 rings (SSSR count). The van der Waals surface area contributed by atoms with Crippen molar-refractivity contribution >= 4 is 21.4 Å². The number of phenolic OH excluding ortho intramolecular Hbond substituents is 1. The monoisotopic (exact) mass is 203 g/mol. The number of benzene rings is 1. The van der Waals surface area contributed by atoms with Crippen molar-refractivity contribution in [3.63, 3.8) is 0 Å². The lowest BCUT2D eigenvalue weighted by molar-refractivity contribution is 0.467. The van der Waals surface area contributed by atoms with Crippen LogP contribution in [0.4, 0.5) is 0 Å². The summed E-state index contributed by atoms with van der Waals surface area (Å²) in [7, 11) is 0. The minimum atomic E-state index is 0.265. The highest BCUT2D eigenvalue weighted by Gasteiger charge is 2.10. The first kappa shape index (κ1) is 9.04. The van der Waals surface area contributed by atoms with Crippen LogP contribution in [0.5, 0.6) is 5.75 Å². The second-order valence-corrected chi connectivity index (χ2v) is 4.11. The molecule has 3 heteroatoms. The van der Waals surface area contributed by atoms with E-state index >= 15 is 0 Å². The first-order valence-electron chi connectivity index (χ1n) is 4.29. The predicted molar refractivity (Wildman–Crippen MR) is 57.5 cm³/mol. The third-order valence-electron chi connectivity index (χ3n) is 2.26. The van der Waals surface area contributed by atoms with Gasteiger partial charge in [-0.25, -0.2) is 0 Å². The first-order valence-corrected chi connectivity index (χ1v) is 5.17. The zero-order chi connectivity index (χ0) is 10.1. The quantitative estimate of drug-likeness (QED) is 0.774. The Bertz CT molecular complexity index is 522. The first-order chi connectivity index (χ1) is 6.74. The molecule has 0 bridgehead atoms. The van der Waals surface area contributed by atoms with Gasteiger partial charge in [-0.15, -0.1) is 11.3 Å². The maximum Gasteiger partial charge on any atom is 0.124 e. The Labute approximate surface area is 86.0 Å². The van der Waals surface area contributed by atoms with Crippen molar-refractivity contribution in [3.8, 4) is 11.8 Å². The Balaban J connectivity index is 2.81. The average Bonchev–Trinajstić information content (AvgIpc) is 2.60. The van der Waals surface area contributed by atoms with Gasteiger partial charge in [0.2, 0.25) is 0 Å². The van der Waals surface area contributed by atoms with Crippen LogP contribution >= 0.6 is 11.3 Å². The molecule has 0 fully saturated rings. The lowest BCUT2D eigenvalue weighted by atomic mass is 10.0. The molecule has 0 aliphatic rings. The third-order valence-corrected chi connectivity index (χ3v) is 3.25. The standard InChI is InChI=1S/C11H9NOS/c1-7-6-8-3-5-14-11(8)9(2-4-12)10(7)13/h3,5-6,13H,2H2,1H3. The maximum absolute atomic E-state index is 9.80. The van der Waals surface area contributed by atoms with Gasteiger partial charge in [0.05, 0.1) is 12.5 Å². The lowest BCUT2D eigenvalue weighted by Crippen LogP contribution is -1.86. The number of aromatic hydroxyl groups is 1. The molecule has 0 amide bonds. The molecule has 2 nitrogen and oxygen atoms in total. The molecule has 0 spiro atoms. The molecule has 1 aromatic heterocycles. The highest BCUT2D eigenvalue weighted by molar-refractivity contribution is 7.17. The molecule has 70 valence electrons. The van der Waals surface area contributed by atoms with E-state index in [9.17, 15) is 5.11 Å². The molecule has 0 unspecified atom stereocenters. The lowest BCUT2D eigenvalue weighted by Gasteiger charge is -2.05. The van der Waals surface area contributed by atoms with Gasteiger partial charge in [-0.2, -0.15) is 5.26 Å². The molecule has 1 heterocycles. The highest BCUT2D eigenvalue weighted by Crippen LogP contribution is 2.34. The molecule has 1 N–H and O–H groups in total. The van der Waals surface area contributed by atoms with Crippen LogP contribution in [0.15, 0.2) is 17.5 Å². The Morgan fingerprint density at radius 3 is 3.07 bits per heavy atom. The van der Waals surface area contributed by atoms with Gasteiger partial charge in [0.15, 0.2) is 0 Å². The number of phenols is 1. The Morgan fingerprint density at radius 2 is 2.36 bits per heavy atom. The van der Waals surface area contributed by atoms with Crippen molar-refractivity contribution in [1.82, 2.24) is 0 Å². The summed E-state index contributed by atoms with van der Waals surface area (Å²) in [4.78, 5) is 0. The Morgan fingerprint density at radius 1 is 1.57 bits per heavy atom. The van der Waals surface area contributed by atoms with Gasteiger partial charge in [0.1, 0.15) is 5.75 Å². The second kappa shape index (κ2) is 3.32. The van der Waals surface area contributed by atoms with Crippen molar-refractivity contribution < 1.29 is 5.11 Å². The van der Waals surface area contributed by atoms with Gasteiger partial charge < -0.3 is 5.11 Å². The topological polar surface area (TPSA) is 44.0 Å². The molecule has 14 heavy (non-hydrogen) atoms. The summed E-state index contributed by atoms with van der Waals surface area (Å²) in [5.41, 5.74) is 1.60. The van der Waals surface area contributed by atoms with Crippen LogP contribution in [-0.2, 0) is 6.42 Å². The van der Waals surface area contributed by atoms with Gasteiger partial charge in [-0.05, 0) is 35.4 Å². The van der Waals surface area contributed by atoms with Gasteiger partial charge in [-0.3, -0.25) is 0 Å². The van der Waals surface area contributed by atoms with Crippen molar-refractivity contribution in [2.75, 3.05) is 0 Å². The fourth-order valence-corrected chi connectivity index (χ4v) is 2.49. The summed E-state index contributed by atoms with van der Waals surface area (Å²) in [5, 5.41) is 21.6. The number of thiophene rings is 1. The van der Waals surface area contributed by atoms with E-state index in [2.05, 4.69) is 6.07 Å². The summed E-state index contributed by atoms with van der Waals surface area (Å²) in [6, 6.07) is 6.03. The summed E-state index contributed by atoms with van der Waals surface area (Å²) in [6.45, 7) is 1.85. The van der Waals surface area contributed by atoms with E-state index < -0.39 is 0 Å². The van der Waals surface area contributed by atoms with Crippen molar-refractivity contribution in [3.05, 3.63) is 28.6 Å². The van der Waals surface area contributed by atoms with Crippen LogP contribution in [0, 0.1) is 18.3 Å². The van der Waals surface area contributed by atoms with E-state index in [0.29, 0.717) is 0 Å². The SMILES string of the molecule is Cc1cc2ccsc2c(CC#N)c1O. The second-order valence-electron chi connectivity index (χ2n) is 3.19. The Hall–Kier alpha value is -1.53. The predicted octanol–water partition coefficient (Wildman–Crippen LogP) is 2.98. The van der Waals surface area contributed by atoms with E-state index in [-0.39, 0.29) is 12.2 Å². The molecule has 0 saturated heterocycles. The number of rotatable bonds is 1. The highest BCUT2D eigenvalue weighted by atomic mass is 32.1. The molecule has 2 aromatic rings. The molecule has 0 aliphatic carbocycles. The normalized spacial score (nSPS) is 10.3. The van der Waals surface area contributed by atoms with E-state index in [1.54, 1.807) is 11.3 Å². The number of fused-ring (bicyclic) bond motifs is 1. The number of nitriles is 1. The van der Waals surface area contributed by atoms with E-state index in [1.165, 1.54) is 0 Å². The van der Waals surface area contributed by atoms with Crippen molar-refractivity contribution in [1.29, 1.82) is 5.26 Å². The Kier molecular flexibility index (Phi) is 2.14. The molecule has 0 atom stereocenters. The van der Waals surface area contributed by atoms with Crippen LogP contribution in [0.1, 0.15) is 11.1 Å². The van der Waals surface area contributed by atoms with Crippen molar-refractivity contribution in [2.45, 2.75) is 13.3 Å².